The third-order valence-electron chi connectivity index (χ3n) is 2.65. The molecule has 7 heteroatoms. The van der Waals surface area contributed by atoms with Gasteiger partial charge in [-0.15, -0.1) is 0 Å². The number of halogens is 4. The van der Waals surface area contributed by atoms with Crippen molar-refractivity contribution in [1.29, 1.82) is 0 Å². The van der Waals surface area contributed by atoms with Crippen LogP contribution in [0.1, 0.15) is 0 Å². The molecular formula is C12H4Br2ClIN2O. The van der Waals surface area contributed by atoms with E-state index in [9.17, 15) is 5.11 Å². The van der Waals surface area contributed by atoms with E-state index < -0.39 is 0 Å². The van der Waals surface area contributed by atoms with E-state index >= 15 is 0 Å². The van der Waals surface area contributed by atoms with Gasteiger partial charge in [-0.05, 0) is 72.6 Å². The van der Waals surface area contributed by atoms with Crippen molar-refractivity contribution in [2.45, 2.75) is 0 Å². The van der Waals surface area contributed by atoms with Gasteiger partial charge in [-0.1, -0.05) is 11.6 Å². The second kappa shape index (κ2) is 4.98. The SMILES string of the molecule is Oc1c(Br)c(Cl)c(Br)c2nc3ccc(I)cc3nc12. The highest BCUT2D eigenvalue weighted by Crippen LogP contribution is 2.43. The second-order valence-electron chi connectivity index (χ2n) is 3.84. The standard InChI is InChI=1S/C12H4Br2ClIN2O/c13-7-9(15)8(14)12(19)11-10(7)17-5-2-1-4(16)3-6(5)18-11/h1-3,19H. The molecule has 0 atom stereocenters. The number of fused-ring (bicyclic) bond motifs is 2. The lowest BCUT2D eigenvalue weighted by atomic mass is 10.2. The van der Waals surface area contributed by atoms with Crippen LogP contribution in [0.2, 0.25) is 5.02 Å². The highest BCUT2D eigenvalue weighted by molar-refractivity contribution is 14.1. The predicted molar refractivity (Wildman–Crippen MR) is 91.8 cm³/mol. The maximum Gasteiger partial charge on any atom is 0.159 e. The number of rotatable bonds is 0. The van der Waals surface area contributed by atoms with Crippen LogP contribution in [0.25, 0.3) is 22.1 Å². The summed E-state index contributed by atoms with van der Waals surface area (Å²) in [4.78, 5) is 8.97. The van der Waals surface area contributed by atoms with Crippen molar-refractivity contribution in [3.8, 4) is 5.75 Å². The number of hydrogen-bond acceptors (Lipinski definition) is 3. The van der Waals surface area contributed by atoms with Crippen LogP contribution in [0.15, 0.2) is 27.1 Å². The number of aromatic nitrogens is 2. The van der Waals surface area contributed by atoms with Gasteiger partial charge < -0.3 is 5.11 Å². The summed E-state index contributed by atoms with van der Waals surface area (Å²) in [5, 5.41) is 10.5. The molecule has 0 fully saturated rings. The molecule has 2 aromatic carbocycles. The first-order valence-corrected chi connectivity index (χ1v) is 8.15. The number of nitrogens with zero attached hydrogens (tertiary/aromatic N) is 2. The summed E-state index contributed by atoms with van der Waals surface area (Å²) in [5.74, 6) is -0.00328. The van der Waals surface area contributed by atoms with Crippen molar-refractivity contribution in [3.63, 3.8) is 0 Å². The van der Waals surface area contributed by atoms with E-state index in [4.69, 9.17) is 11.6 Å². The number of phenols is 1. The average molecular weight is 514 g/mol. The average Bonchev–Trinajstić information content (AvgIpc) is 2.41. The first-order valence-electron chi connectivity index (χ1n) is 5.11. The Labute approximate surface area is 143 Å². The second-order valence-corrected chi connectivity index (χ2v) is 7.05. The lowest BCUT2D eigenvalue weighted by Crippen LogP contribution is -1.91. The summed E-state index contributed by atoms with van der Waals surface area (Å²) >= 11 is 15.0. The maximum absolute atomic E-state index is 10.1. The minimum atomic E-state index is -0.00328. The van der Waals surface area contributed by atoms with Gasteiger partial charge >= 0.3 is 0 Å². The van der Waals surface area contributed by atoms with E-state index in [1.54, 1.807) is 0 Å². The smallest absolute Gasteiger partial charge is 0.159 e. The van der Waals surface area contributed by atoms with Crippen molar-refractivity contribution < 1.29 is 5.11 Å². The van der Waals surface area contributed by atoms with Crippen LogP contribution >= 0.6 is 66.1 Å². The Balaban J connectivity index is 2.55. The van der Waals surface area contributed by atoms with Gasteiger partial charge in [-0.2, -0.15) is 0 Å². The normalized spacial score (nSPS) is 11.4. The molecule has 1 aromatic heterocycles. The van der Waals surface area contributed by atoms with Crippen molar-refractivity contribution in [3.05, 3.63) is 35.7 Å². The van der Waals surface area contributed by atoms with E-state index in [-0.39, 0.29) is 5.75 Å². The number of benzene rings is 2. The zero-order valence-electron chi connectivity index (χ0n) is 9.09. The fourth-order valence-electron chi connectivity index (χ4n) is 1.75. The lowest BCUT2D eigenvalue weighted by molar-refractivity contribution is 0.477. The predicted octanol–water partition coefficient (Wildman–Crippen LogP) is 5.27. The Bertz CT molecular complexity index is 841. The van der Waals surface area contributed by atoms with E-state index in [0.29, 0.717) is 25.0 Å². The fourth-order valence-corrected chi connectivity index (χ4v) is 3.53. The third-order valence-corrected chi connectivity index (χ3v) is 5.70. The molecule has 0 unspecified atom stereocenters. The molecule has 3 aromatic rings. The van der Waals surface area contributed by atoms with Crippen molar-refractivity contribution >= 4 is 88.1 Å². The molecule has 3 rings (SSSR count). The van der Waals surface area contributed by atoms with E-state index in [0.717, 1.165) is 14.6 Å². The van der Waals surface area contributed by atoms with Gasteiger partial charge in [0.05, 0.1) is 25.0 Å². The molecule has 0 aliphatic carbocycles. The van der Waals surface area contributed by atoms with Gasteiger partial charge in [0.15, 0.2) is 5.75 Å². The highest BCUT2D eigenvalue weighted by Gasteiger charge is 2.17. The first kappa shape index (κ1) is 13.8. The zero-order chi connectivity index (χ0) is 13.7. The summed E-state index contributed by atoms with van der Waals surface area (Å²) < 4.78 is 2.08. The lowest BCUT2D eigenvalue weighted by Gasteiger charge is -2.09. The molecule has 1 heterocycles. The molecular weight excluding hydrogens is 510 g/mol. The van der Waals surface area contributed by atoms with Crippen LogP contribution in [-0.4, -0.2) is 15.1 Å². The van der Waals surface area contributed by atoms with E-state index in [1.165, 1.54) is 0 Å². The fraction of sp³-hybridized carbons (Fsp3) is 0. The molecule has 0 spiro atoms. The van der Waals surface area contributed by atoms with Crippen LogP contribution in [0.5, 0.6) is 5.75 Å². The Kier molecular flexibility index (Phi) is 3.61. The summed E-state index contributed by atoms with van der Waals surface area (Å²) in [7, 11) is 0. The molecule has 0 saturated carbocycles. The molecule has 0 saturated heterocycles. The van der Waals surface area contributed by atoms with Crippen LogP contribution in [0, 0.1) is 3.57 Å². The molecule has 0 amide bonds. The highest BCUT2D eigenvalue weighted by atomic mass is 127. The van der Waals surface area contributed by atoms with Crippen molar-refractivity contribution in [2.24, 2.45) is 0 Å². The van der Waals surface area contributed by atoms with Crippen LogP contribution in [0.3, 0.4) is 0 Å². The quantitative estimate of drug-likeness (QED) is 0.253. The molecule has 0 bridgehead atoms. The Morgan fingerprint density at radius 1 is 1.05 bits per heavy atom. The van der Waals surface area contributed by atoms with Crippen molar-refractivity contribution in [1.82, 2.24) is 9.97 Å². The Morgan fingerprint density at radius 3 is 2.47 bits per heavy atom. The van der Waals surface area contributed by atoms with Crippen LogP contribution in [0.4, 0.5) is 0 Å². The first-order chi connectivity index (χ1) is 8.99. The largest absolute Gasteiger partial charge is 0.504 e. The molecule has 0 aliphatic heterocycles. The van der Waals surface area contributed by atoms with Crippen LogP contribution in [-0.2, 0) is 0 Å². The van der Waals surface area contributed by atoms with Gasteiger partial charge in [0.2, 0.25) is 0 Å². The van der Waals surface area contributed by atoms with Crippen molar-refractivity contribution in [2.75, 3.05) is 0 Å². The summed E-state index contributed by atoms with van der Waals surface area (Å²) in [6, 6.07) is 5.76. The monoisotopic (exact) mass is 512 g/mol. The van der Waals surface area contributed by atoms with E-state index in [1.807, 2.05) is 18.2 Å². The van der Waals surface area contributed by atoms with Crippen LogP contribution < -0.4 is 0 Å². The van der Waals surface area contributed by atoms with Gasteiger partial charge in [-0.25, -0.2) is 9.97 Å². The molecule has 1 N–H and O–H groups in total. The summed E-state index contributed by atoms with van der Waals surface area (Å²) in [5.41, 5.74) is 2.44. The van der Waals surface area contributed by atoms with Gasteiger partial charge in [0.25, 0.3) is 0 Å². The minimum Gasteiger partial charge on any atom is -0.504 e. The van der Waals surface area contributed by atoms with Gasteiger partial charge in [0.1, 0.15) is 11.0 Å². The minimum absolute atomic E-state index is 0.00328. The summed E-state index contributed by atoms with van der Waals surface area (Å²) in [6.45, 7) is 0. The Hall–Kier alpha value is -0.180. The molecule has 19 heavy (non-hydrogen) atoms. The maximum atomic E-state index is 10.1. The van der Waals surface area contributed by atoms with Gasteiger partial charge in [0, 0.05) is 3.57 Å². The third kappa shape index (κ3) is 2.22. The summed E-state index contributed by atoms with van der Waals surface area (Å²) in [6.07, 6.45) is 0. The number of phenolic OH excluding ortho intramolecular Hbond substituents is 1. The molecule has 96 valence electrons. The Morgan fingerprint density at radius 2 is 1.74 bits per heavy atom. The molecule has 0 aliphatic rings. The number of aromatic hydroxyl groups is 1. The molecule has 0 radical (unpaired) electrons. The molecule has 3 nitrogen and oxygen atoms in total. The topological polar surface area (TPSA) is 46.0 Å². The van der Waals surface area contributed by atoms with Gasteiger partial charge in [-0.3, -0.25) is 0 Å². The zero-order valence-corrected chi connectivity index (χ0v) is 15.2. The number of hydrogen-bond donors (Lipinski definition) is 1. The van der Waals surface area contributed by atoms with E-state index in [2.05, 4.69) is 64.4 Å².